The fraction of sp³-hybridized carbons (Fsp3) is 0.545. The van der Waals surface area contributed by atoms with Crippen LogP contribution < -0.4 is 5.32 Å². The van der Waals surface area contributed by atoms with Crippen LogP contribution in [0.5, 0.6) is 0 Å². The third-order valence-electron chi connectivity index (χ3n) is 6.57. The standard InChI is InChI=1S/C22H30N4O3S/c1-15-13-19(15)21(17-7-5-4-6-8-17)24-22(27)18-9-11-26(12-10-18)30(28,29)20-14-25(3)16(2)23-20/h4-8,14-15,18-19,21H,9-13H2,1-3H3,(H,24,27). The van der Waals surface area contributed by atoms with Gasteiger partial charge in [-0.05, 0) is 43.6 Å². The molecule has 1 saturated carbocycles. The van der Waals surface area contributed by atoms with Gasteiger partial charge in [0.25, 0.3) is 10.0 Å². The number of benzene rings is 1. The summed E-state index contributed by atoms with van der Waals surface area (Å²) in [5.74, 6) is 1.62. The summed E-state index contributed by atoms with van der Waals surface area (Å²) in [6.07, 6.45) is 3.72. The Balaban J connectivity index is 1.39. The molecule has 162 valence electrons. The molecular weight excluding hydrogens is 400 g/mol. The number of carbonyl (C=O) groups is 1. The molecule has 1 aromatic carbocycles. The minimum atomic E-state index is -3.62. The summed E-state index contributed by atoms with van der Waals surface area (Å²) in [5, 5.41) is 3.35. The van der Waals surface area contributed by atoms with Gasteiger partial charge in [0.1, 0.15) is 5.82 Å². The van der Waals surface area contributed by atoms with Gasteiger partial charge in [0.05, 0.1) is 6.04 Å². The number of rotatable bonds is 6. The normalized spacial score (nSPS) is 23.8. The van der Waals surface area contributed by atoms with Crippen molar-refractivity contribution in [2.75, 3.05) is 13.1 Å². The van der Waals surface area contributed by atoms with Gasteiger partial charge in [0, 0.05) is 32.3 Å². The summed E-state index contributed by atoms with van der Waals surface area (Å²) in [6, 6.07) is 10.2. The van der Waals surface area contributed by atoms with Crippen molar-refractivity contribution in [2.45, 2.75) is 44.2 Å². The maximum absolute atomic E-state index is 13.0. The molecule has 2 aliphatic rings. The van der Waals surface area contributed by atoms with Crippen molar-refractivity contribution >= 4 is 15.9 Å². The fourth-order valence-corrected chi connectivity index (χ4v) is 5.82. The van der Waals surface area contributed by atoms with E-state index in [0.717, 1.165) is 12.0 Å². The Labute approximate surface area is 178 Å². The van der Waals surface area contributed by atoms with E-state index in [4.69, 9.17) is 0 Å². The molecule has 3 atom stereocenters. The van der Waals surface area contributed by atoms with Gasteiger partial charge in [-0.2, -0.15) is 4.31 Å². The molecular formula is C22H30N4O3S. The first-order chi connectivity index (χ1) is 14.3. The number of nitrogens with zero attached hydrogens (tertiary/aromatic N) is 3. The average molecular weight is 431 g/mol. The topological polar surface area (TPSA) is 84.3 Å². The van der Waals surface area contributed by atoms with E-state index in [1.54, 1.807) is 24.7 Å². The second-order valence-corrected chi connectivity index (χ2v) is 10.6. The van der Waals surface area contributed by atoms with Gasteiger partial charge in [-0.25, -0.2) is 13.4 Å². The molecule has 0 bridgehead atoms. The predicted molar refractivity (Wildman–Crippen MR) is 114 cm³/mol. The van der Waals surface area contributed by atoms with Gasteiger partial charge in [-0.1, -0.05) is 37.3 Å². The van der Waals surface area contributed by atoms with Crippen molar-refractivity contribution in [1.82, 2.24) is 19.2 Å². The van der Waals surface area contributed by atoms with Crippen molar-refractivity contribution in [2.24, 2.45) is 24.8 Å². The van der Waals surface area contributed by atoms with Crippen LogP contribution in [0.25, 0.3) is 0 Å². The molecule has 1 saturated heterocycles. The van der Waals surface area contributed by atoms with E-state index >= 15 is 0 Å². The van der Waals surface area contributed by atoms with Crippen LogP contribution in [0.3, 0.4) is 0 Å². The molecule has 2 fully saturated rings. The van der Waals surface area contributed by atoms with Crippen molar-refractivity contribution in [3.63, 3.8) is 0 Å². The van der Waals surface area contributed by atoms with Gasteiger partial charge < -0.3 is 9.88 Å². The van der Waals surface area contributed by atoms with E-state index in [2.05, 4.69) is 29.4 Å². The lowest BCUT2D eigenvalue weighted by Crippen LogP contribution is -2.44. The number of nitrogens with one attached hydrogen (secondary N) is 1. The third-order valence-corrected chi connectivity index (χ3v) is 8.34. The Hall–Kier alpha value is -2.19. The summed E-state index contributed by atoms with van der Waals surface area (Å²) in [4.78, 5) is 17.2. The zero-order valence-electron chi connectivity index (χ0n) is 17.8. The molecule has 0 spiro atoms. The lowest BCUT2D eigenvalue weighted by Gasteiger charge is -2.31. The van der Waals surface area contributed by atoms with Crippen LogP contribution in [0.2, 0.25) is 0 Å². The van der Waals surface area contributed by atoms with E-state index in [1.807, 2.05) is 18.2 Å². The Kier molecular flexibility index (Phi) is 5.72. The minimum absolute atomic E-state index is 0.0342. The van der Waals surface area contributed by atoms with Crippen molar-refractivity contribution in [1.29, 1.82) is 0 Å². The first-order valence-corrected chi connectivity index (χ1v) is 12.1. The van der Waals surface area contributed by atoms with Crippen LogP contribution in [-0.2, 0) is 21.9 Å². The first kappa shape index (κ1) is 21.1. The number of amides is 1. The molecule has 1 amide bonds. The second kappa shape index (κ2) is 8.15. The van der Waals surface area contributed by atoms with Gasteiger partial charge >= 0.3 is 0 Å². The van der Waals surface area contributed by atoms with Crippen LogP contribution >= 0.6 is 0 Å². The number of hydrogen-bond donors (Lipinski definition) is 1. The highest BCUT2D eigenvalue weighted by atomic mass is 32.2. The molecule has 8 heteroatoms. The molecule has 1 aliphatic carbocycles. The Morgan fingerprint density at radius 3 is 2.37 bits per heavy atom. The SMILES string of the molecule is Cc1nc(S(=O)(=O)N2CCC(C(=O)NC(c3ccccc3)C3CC3C)CC2)cn1C. The lowest BCUT2D eigenvalue weighted by molar-refractivity contribution is -0.127. The zero-order chi connectivity index (χ0) is 21.5. The molecule has 1 aromatic heterocycles. The third kappa shape index (κ3) is 4.16. The predicted octanol–water partition coefficient (Wildman–Crippen LogP) is 2.64. The molecule has 30 heavy (non-hydrogen) atoms. The number of hydrogen-bond acceptors (Lipinski definition) is 4. The number of imidazole rings is 1. The van der Waals surface area contributed by atoms with E-state index in [1.165, 1.54) is 4.31 Å². The van der Waals surface area contributed by atoms with Gasteiger partial charge in [-0.15, -0.1) is 0 Å². The van der Waals surface area contributed by atoms with Crippen LogP contribution in [0.15, 0.2) is 41.6 Å². The first-order valence-electron chi connectivity index (χ1n) is 10.6. The number of sulfonamides is 1. The molecule has 0 radical (unpaired) electrons. The lowest BCUT2D eigenvalue weighted by atomic mass is 9.95. The van der Waals surface area contributed by atoms with Crippen LogP contribution in [-0.4, -0.2) is 41.3 Å². The maximum Gasteiger partial charge on any atom is 0.262 e. The molecule has 1 aliphatic heterocycles. The van der Waals surface area contributed by atoms with Crippen molar-refractivity contribution in [3.05, 3.63) is 47.9 Å². The zero-order valence-corrected chi connectivity index (χ0v) is 18.6. The van der Waals surface area contributed by atoms with Crippen LogP contribution in [0.1, 0.15) is 43.6 Å². The number of piperidine rings is 1. The van der Waals surface area contributed by atoms with E-state index in [0.29, 0.717) is 43.6 Å². The Morgan fingerprint density at radius 1 is 1.20 bits per heavy atom. The quantitative estimate of drug-likeness (QED) is 0.764. The van der Waals surface area contributed by atoms with Crippen molar-refractivity contribution in [3.8, 4) is 0 Å². The highest BCUT2D eigenvalue weighted by Crippen LogP contribution is 2.47. The van der Waals surface area contributed by atoms with Gasteiger partial charge in [0.2, 0.25) is 5.91 Å². The molecule has 1 N–H and O–H groups in total. The van der Waals surface area contributed by atoms with E-state index in [-0.39, 0.29) is 22.9 Å². The largest absolute Gasteiger partial charge is 0.349 e. The summed E-state index contributed by atoms with van der Waals surface area (Å²) < 4.78 is 28.9. The summed E-state index contributed by atoms with van der Waals surface area (Å²) in [6.45, 7) is 4.67. The highest BCUT2D eigenvalue weighted by molar-refractivity contribution is 7.89. The highest BCUT2D eigenvalue weighted by Gasteiger charge is 2.42. The van der Waals surface area contributed by atoms with E-state index in [9.17, 15) is 13.2 Å². The average Bonchev–Trinajstić information content (AvgIpc) is 3.37. The van der Waals surface area contributed by atoms with Gasteiger partial charge in [-0.3, -0.25) is 4.79 Å². The number of aromatic nitrogens is 2. The van der Waals surface area contributed by atoms with E-state index < -0.39 is 10.0 Å². The molecule has 2 heterocycles. The Morgan fingerprint density at radius 2 is 1.83 bits per heavy atom. The number of carbonyl (C=O) groups excluding carboxylic acids is 1. The minimum Gasteiger partial charge on any atom is -0.349 e. The number of aryl methyl sites for hydroxylation is 2. The second-order valence-electron chi connectivity index (χ2n) is 8.69. The molecule has 2 aromatic rings. The van der Waals surface area contributed by atoms with Crippen LogP contribution in [0.4, 0.5) is 0 Å². The van der Waals surface area contributed by atoms with Gasteiger partial charge in [0.15, 0.2) is 5.03 Å². The van der Waals surface area contributed by atoms with Crippen LogP contribution in [0, 0.1) is 24.7 Å². The monoisotopic (exact) mass is 430 g/mol. The molecule has 3 unspecified atom stereocenters. The summed E-state index contributed by atoms with van der Waals surface area (Å²) >= 11 is 0. The molecule has 7 nitrogen and oxygen atoms in total. The Bertz CT molecular complexity index is 991. The molecule has 4 rings (SSSR count). The summed E-state index contributed by atoms with van der Waals surface area (Å²) in [7, 11) is -1.84. The van der Waals surface area contributed by atoms with Crippen molar-refractivity contribution < 1.29 is 13.2 Å². The maximum atomic E-state index is 13.0. The summed E-state index contributed by atoms with van der Waals surface area (Å²) in [5.41, 5.74) is 1.14. The fourth-order valence-electron chi connectivity index (χ4n) is 4.33. The smallest absolute Gasteiger partial charge is 0.262 e.